The Morgan fingerprint density at radius 3 is 2.43 bits per heavy atom. The fourth-order valence-corrected chi connectivity index (χ4v) is 4.92. The van der Waals surface area contributed by atoms with Crippen LogP contribution in [0.2, 0.25) is 0 Å². The summed E-state index contributed by atoms with van der Waals surface area (Å²) in [6.07, 6.45) is 0. The van der Waals surface area contributed by atoms with Gasteiger partial charge in [0, 0.05) is 21.9 Å². The number of nitrogens with one attached hydrogen (secondary N) is 2. The molecule has 0 radical (unpaired) electrons. The second-order valence-electron chi connectivity index (χ2n) is 5.76. The Bertz CT molecular complexity index is 1120. The highest BCUT2D eigenvalue weighted by Crippen LogP contribution is 2.28. The summed E-state index contributed by atoms with van der Waals surface area (Å²) in [7, 11) is 0. The van der Waals surface area contributed by atoms with E-state index in [9.17, 15) is 9.59 Å². The van der Waals surface area contributed by atoms with Gasteiger partial charge in [0.15, 0.2) is 0 Å². The average molecular weight is 427 g/mol. The molecule has 4 rings (SSSR count). The summed E-state index contributed by atoms with van der Waals surface area (Å²) in [6, 6.07) is 11.6. The monoisotopic (exact) mass is 426 g/mol. The number of aryl methyl sites for hydroxylation is 1. The van der Waals surface area contributed by atoms with Crippen molar-refractivity contribution in [3.8, 4) is 21.1 Å². The van der Waals surface area contributed by atoms with E-state index in [4.69, 9.17) is 0 Å². The van der Waals surface area contributed by atoms with Crippen LogP contribution in [0.4, 0.5) is 0 Å². The van der Waals surface area contributed by atoms with E-state index in [2.05, 4.69) is 20.8 Å². The third-order valence-corrected chi connectivity index (χ3v) is 6.60. The molecule has 1 aromatic carbocycles. The minimum atomic E-state index is -0.462. The molecule has 0 atom stereocenters. The summed E-state index contributed by atoms with van der Waals surface area (Å²) < 4.78 is 0. The highest BCUT2D eigenvalue weighted by Gasteiger charge is 2.18. The van der Waals surface area contributed by atoms with Gasteiger partial charge in [0.2, 0.25) is 0 Å². The van der Waals surface area contributed by atoms with Gasteiger partial charge in [-0.3, -0.25) is 20.4 Å². The molecule has 28 heavy (non-hydrogen) atoms. The van der Waals surface area contributed by atoms with E-state index in [1.807, 2.05) is 47.2 Å². The molecule has 3 aromatic heterocycles. The minimum Gasteiger partial charge on any atom is -0.266 e. The van der Waals surface area contributed by atoms with E-state index in [-0.39, 0.29) is 5.69 Å². The van der Waals surface area contributed by atoms with Crippen LogP contribution < -0.4 is 10.9 Å². The number of thiophene rings is 1. The lowest BCUT2D eigenvalue weighted by atomic mass is 10.2. The number of thiazole rings is 2. The van der Waals surface area contributed by atoms with E-state index < -0.39 is 11.8 Å². The number of nitrogens with zero attached hydrogens (tertiary/aromatic N) is 2. The lowest BCUT2D eigenvalue weighted by Crippen LogP contribution is -2.41. The Morgan fingerprint density at radius 2 is 1.68 bits per heavy atom. The van der Waals surface area contributed by atoms with Crippen molar-refractivity contribution in [2.75, 3.05) is 0 Å². The van der Waals surface area contributed by atoms with Crippen LogP contribution in [0.1, 0.15) is 25.9 Å². The smallest absolute Gasteiger partial charge is 0.266 e. The summed E-state index contributed by atoms with van der Waals surface area (Å²) in [4.78, 5) is 34.0. The summed E-state index contributed by atoms with van der Waals surface area (Å²) in [6.45, 7) is 1.77. The van der Waals surface area contributed by atoms with Crippen molar-refractivity contribution in [1.82, 2.24) is 20.8 Å². The van der Waals surface area contributed by atoms with Crippen molar-refractivity contribution in [2.45, 2.75) is 6.92 Å². The number of carbonyl (C=O) groups excluding carboxylic acids is 2. The maximum atomic E-state index is 12.5. The second kappa shape index (κ2) is 8.01. The molecule has 0 aliphatic carbocycles. The van der Waals surface area contributed by atoms with Crippen molar-refractivity contribution >= 4 is 45.8 Å². The van der Waals surface area contributed by atoms with Gasteiger partial charge >= 0.3 is 0 Å². The third kappa shape index (κ3) is 3.86. The highest BCUT2D eigenvalue weighted by atomic mass is 32.1. The number of hydrogen-bond acceptors (Lipinski definition) is 7. The molecule has 6 nitrogen and oxygen atoms in total. The fraction of sp³-hybridized carbons (Fsp3) is 0.0526. The van der Waals surface area contributed by atoms with Gasteiger partial charge in [-0.25, -0.2) is 9.97 Å². The van der Waals surface area contributed by atoms with Gasteiger partial charge in [0.1, 0.15) is 20.6 Å². The Balaban J connectivity index is 1.42. The van der Waals surface area contributed by atoms with E-state index >= 15 is 0 Å². The third-order valence-electron chi connectivity index (χ3n) is 3.82. The zero-order valence-electron chi connectivity index (χ0n) is 14.6. The van der Waals surface area contributed by atoms with E-state index in [0.29, 0.717) is 10.6 Å². The Morgan fingerprint density at radius 1 is 0.893 bits per heavy atom. The number of aromatic nitrogens is 2. The Hall–Kier alpha value is -2.88. The first-order chi connectivity index (χ1) is 13.6. The highest BCUT2D eigenvalue weighted by molar-refractivity contribution is 7.17. The van der Waals surface area contributed by atoms with Crippen molar-refractivity contribution in [3.05, 3.63) is 68.8 Å². The first-order valence-corrected chi connectivity index (χ1v) is 10.9. The summed E-state index contributed by atoms with van der Waals surface area (Å²) in [5.41, 5.74) is 7.67. The van der Waals surface area contributed by atoms with Crippen LogP contribution in [0.3, 0.4) is 0 Å². The van der Waals surface area contributed by atoms with Gasteiger partial charge in [0.25, 0.3) is 11.8 Å². The molecule has 0 bridgehead atoms. The predicted octanol–water partition coefficient (Wildman–Crippen LogP) is 4.38. The SMILES string of the molecule is Cc1nc(-c2ccccc2)sc1C(=O)NNC(=O)c1csc(-c2ccsc2)n1. The maximum absolute atomic E-state index is 12.5. The minimum absolute atomic E-state index is 0.262. The molecule has 140 valence electrons. The second-order valence-corrected chi connectivity index (χ2v) is 8.39. The zero-order chi connectivity index (χ0) is 19.5. The Kier molecular flexibility index (Phi) is 5.29. The number of amides is 2. The molecule has 2 amide bonds. The van der Waals surface area contributed by atoms with Gasteiger partial charge in [-0.15, -0.1) is 22.7 Å². The topological polar surface area (TPSA) is 84.0 Å². The molecule has 0 saturated heterocycles. The van der Waals surface area contributed by atoms with Crippen LogP contribution >= 0.6 is 34.0 Å². The molecule has 0 fully saturated rings. The lowest BCUT2D eigenvalue weighted by molar-refractivity contribution is 0.0846. The number of rotatable bonds is 4. The average Bonchev–Trinajstić information content (AvgIpc) is 3.46. The van der Waals surface area contributed by atoms with Gasteiger partial charge in [-0.2, -0.15) is 11.3 Å². The molecule has 9 heteroatoms. The maximum Gasteiger partial charge on any atom is 0.289 e. The predicted molar refractivity (Wildman–Crippen MR) is 113 cm³/mol. The molecular weight excluding hydrogens is 412 g/mol. The molecule has 4 aromatic rings. The largest absolute Gasteiger partial charge is 0.289 e. The van der Waals surface area contributed by atoms with E-state index in [1.165, 1.54) is 22.7 Å². The molecule has 0 saturated carbocycles. The summed E-state index contributed by atoms with van der Waals surface area (Å²) in [5, 5.41) is 7.12. The van der Waals surface area contributed by atoms with Crippen molar-refractivity contribution in [2.24, 2.45) is 0 Å². The van der Waals surface area contributed by atoms with Crippen molar-refractivity contribution < 1.29 is 9.59 Å². The number of carbonyl (C=O) groups is 2. The van der Waals surface area contributed by atoms with Crippen LogP contribution in [0.15, 0.2) is 52.5 Å². The number of benzene rings is 1. The van der Waals surface area contributed by atoms with Crippen LogP contribution in [0.25, 0.3) is 21.1 Å². The summed E-state index contributed by atoms with van der Waals surface area (Å²) in [5.74, 6) is -0.865. The standard InChI is InChI=1S/C19H14N4O2S3/c1-11-15(28-19(20-11)12-5-3-2-4-6-12)17(25)23-22-16(24)14-10-27-18(21-14)13-7-8-26-9-13/h2-10H,1H3,(H,22,24)(H,23,25). The van der Waals surface area contributed by atoms with Crippen LogP contribution in [-0.2, 0) is 0 Å². The van der Waals surface area contributed by atoms with Crippen LogP contribution in [0.5, 0.6) is 0 Å². The first-order valence-electron chi connectivity index (χ1n) is 8.23. The molecule has 0 unspecified atom stereocenters. The molecule has 0 aliphatic heterocycles. The van der Waals surface area contributed by atoms with Gasteiger partial charge in [-0.1, -0.05) is 30.3 Å². The first kappa shape index (κ1) is 18.5. The number of hydrazine groups is 1. The fourth-order valence-electron chi connectivity index (χ4n) is 2.44. The van der Waals surface area contributed by atoms with Gasteiger partial charge in [-0.05, 0) is 18.4 Å². The summed E-state index contributed by atoms with van der Waals surface area (Å²) >= 11 is 4.24. The molecule has 2 N–H and O–H groups in total. The van der Waals surface area contributed by atoms with Crippen molar-refractivity contribution in [3.63, 3.8) is 0 Å². The Labute approximate surface area is 172 Å². The molecule has 3 heterocycles. The quantitative estimate of drug-likeness (QED) is 0.475. The van der Waals surface area contributed by atoms with E-state index in [0.717, 1.165) is 21.1 Å². The van der Waals surface area contributed by atoms with Gasteiger partial charge < -0.3 is 0 Å². The molecule has 0 spiro atoms. The molecular formula is C19H14N4O2S3. The lowest BCUT2D eigenvalue weighted by Gasteiger charge is -2.04. The zero-order valence-corrected chi connectivity index (χ0v) is 17.1. The van der Waals surface area contributed by atoms with E-state index in [1.54, 1.807) is 23.6 Å². The van der Waals surface area contributed by atoms with Crippen LogP contribution in [-0.4, -0.2) is 21.8 Å². The van der Waals surface area contributed by atoms with Crippen LogP contribution in [0, 0.1) is 6.92 Å². The van der Waals surface area contributed by atoms with Gasteiger partial charge in [0.05, 0.1) is 5.69 Å². The normalized spacial score (nSPS) is 10.6. The molecule has 0 aliphatic rings. The van der Waals surface area contributed by atoms with Crippen molar-refractivity contribution in [1.29, 1.82) is 0 Å². The number of hydrogen-bond donors (Lipinski definition) is 2.